The molecule has 2 aliphatic rings. The van der Waals surface area contributed by atoms with Gasteiger partial charge in [0.1, 0.15) is 37.6 Å². The van der Waals surface area contributed by atoms with Crippen molar-refractivity contribution in [2.24, 2.45) is 0 Å². The maximum atomic E-state index is 5.58. The number of ether oxygens (including phenoxy) is 4. The van der Waals surface area contributed by atoms with Crippen molar-refractivity contribution in [1.82, 2.24) is 0 Å². The molecule has 2 fully saturated rings. The van der Waals surface area contributed by atoms with Gasteiger partial charge in [-0.05, 0) is 0 Å². The monoisotopic (exact) mass is 222 g/mol. The van der Waals surface area contributed by atoms with Gasteiger partial charge < -0.3 is 18.9 Å². The smallest absolute Gasteiger partial charge is 0.115 e. The van der Waals surface area contributed by atoms with Gasteiger partial charge in [-0.15, -0.1) is 12.8 Å². The highest BCUT2D eigenvalue weighted by Crippen LogP contribution is 2.30. The molecule has 0 radical (unpaired) electrons. The van der Waals surface area contributed by atoms with Crippen LogP contribution in [0.2, 0.25) is 0 Å². The SMILES string of the molecule is C#CCO[C@H]1CO[C@H]2[C@H]1OC[C@H]2OCC#C. The summed E-state index contributed by atoms with van der Waals surface area (Å²) in [4.78, 5) is 0. The molecule has 0 unspecified atom stereocenters. The Morgan fingerprint density at radius 2 is 1.38 bits per heavy atom. The summed E-state index contributed by atoms with van der Waals surface area (Å²) >= 11 is 0. The van der Waals surface area contributed by atoms with Crippen molar-refractivity contribution < 1.29 is 18.9 Å². The summed E-state index contributed by atoms with van der Waals surface area (Å²) in [7, 11) is 0. The molecule has 0 aromatic carbocycles. The van der Waals surface area contributed by atoms with Crippen molar-refractivity contribution in [1.29, 1.82) is 0 Å². The molecule has 86 valence electrons. The second-order valence-corrected chi connectivity index (χ2v) is 3.70. The highest BCUT2D eigenvalue weighted by molar-refractivity contribution is 4.97. The lowest BCUT2D eigenvalue weighted by Crippen LogP contribution is -2.34. The first-order valence-electron chi connectivity index (χ1n) is 5.20. The molecule has 16 heavy (non-hydrogen) atoms. The second kappa shape index (κ2) is 5.34. The Labute approximate surface area is 95.2 Å². The molecule has 2 aliphatic heterocycles. The molecule has 0 bridgehead atoms. The predicted molar refractivity (Wildman–Crippen MR) is 56.6 cm³/mol. The molecule has 0 spiro atoms. The maximum Gasteiger partial charge on any atom is 0.115 e. The van der Waals surface area contributed by atoms with E-state index >= 15 is 0 Å². The van der Waals surface area contributed by atoms with Crippen LogP contribution < -0.4 is 0 Å². The van der Waals surface area contributed by atoms with E-state index in [-0.39, 0.29) is 37.6 Å². The van der Waals surface area contributed by atoms with Crippen molar-refractivity contribution in [3.8, 4) is 24.7 Å². The van der Waals surface area contributed by atoms with Crippen molar-refractivity contribution >= 4 is 0 Å². The minimum Gasteiger partial charge on any atom is -0.370 e. The van der Waals surface area contributed by atoms with E-state index in [1.165, 1.54) is 0 Å². The summed E-state index contributed by atoms with van der Waals surface area (Å²) in [6, 6.07) is 0. The first-order chi connectivity index (χ1) is 7.86. The third kappa shape index (κ3) is 2.21. The summed E-state index contributed by atoms with van der Waals surface area (Å²) in [6.07, 6.45) is 9.90. The minimum absolute atomic E-state index is 0.0869. The molecule has 0 N–H and O–H groups in total. The molecule has 2 rings (SSSR count). The van der Waals surface area contributed by atoms with E-state index in [1.807, 2.05) is 0 Å². The second-order valence-electron chi connectivity index (χ2n) is 3.70. The van der Waals surface area contributed by atoms with E-state index in [0.29, 0.717) is 13.2 Å². The van der Waals surface area contributed by atoms with Gasteiger partial charge in [0.25, 0.3) is 0 Å². The van der Waals surface area contributed by atoms with Crippen LogP contribution >= 0.6 is 0 Å². The zero-order valence-corrected chi connectivity index (χ0v) is 8.93. The minimum atomic E-state index is -0.0968. The molecule has 0 aromatic rings. The van der Waals surface area contributed by atoms with E-state index < -0.39 is 0 Å². The number of hydrogen-bond acceptors (Lipinski definition) is 4. The summed E-state index contributed by atoms with van der Waals surface area (Å²) in [6.45, 7) is 1.53. The van der Waals surface area contributed by atoms with E-state index in [0.717, 1.165) is 0 Å². The fraction of sp³-hybridized carbons (Fsp3) is 0.667. The fourth-order valence-electron chi connectivity index (χ4n) is 2.03. The van der Waals surface area contributed by atoms with E-state index in [9.17, 15) is 0 Å². The van der Waals surface area contributed by atoms with Crippen LogP contribution in [0, 0.1) is 24.7 Å². The Balaban J connectivity index is 1.86. The van der Waals surface area contributed by atoms with Gasteiger partial charge in [0, 0.05) is 0 Å². The molecule has 0 amide bonds. The highest BCUT2D eigenvalue weighted by Gasteiger charge is 2.48. The lowest BCUT2D eigenvalue weighted by atomic mass is 10.1. The van der Waals surface area contributed by atoms with Crippen LogP contribution in [0.5, 0.6) is 0 Å². The van der Waals surface area contributed by atoms with Crippen molar-refractivity contribution in [2.45, 2.75) is 24.4 Å². The largest absolute Gasteiger partial charge is 0.370 e. The first-order valence-corrected chi connectivity index (χ1v) is 5.20. The summed E-state index contributed by atoms with van der Waals surface area (Å²) in [5.41, 5.74) is 0. The first kappa shape index (κ1) is 11.4. The van der Waals surface area contributed by atoms with Gasteiger partial charge in [0.2, 0.25) is 0 Å². The number of fused-ring (bicyclic) bond motifs is 1. The lowest BCUT2D eigenvalue weighted by molar-refractivity contribution is -0.0385. The summed E-state index contributed by atoms with van der Waals surface area (Å²) < 4.78 is 22.0. The normalized spacial score (nSPS) is 36.6. The Hall–Kier alpha value is -1.04. The topological polar surface area (TPSA) is 36.9 Å². The Morgan fingerprint density at radius 3 is 1.75 bits per heavy atom. The van der Waals surface area contributed by atoms with Crippen LogP contribution in [0.4, 0.5) is 0 Å². The van der Waals surface area contributed by atoms with Gasteiger partial charge in [-0.25, -0.2) is 0 Å². The molecule has 2 heterocycles. The van der Waals surface area contributed by atoms with Crippen LogP contribution in [0.25, 0.3) is 0 Å². The summed E-state index contributed by atoms with van der Waals surface area (Å²) in [5.74, 6) is 4.86. The molecule has 0 aliphatic carbocycles. The molecular weight excluding hydrogens is 208 g/mol. The Kier molecular flexibility index (Phi) is 3.82. The number of rotatable bonds is 4. The van der Waals surface area contributed by atoms with Gasteiger partial charge in [-0.3, -0.25) is 0 Å². The van der Waals surface area contributed by atoms with Crippen molar-refractivity contribution in [3.05, 3.63) is 0 Å². The predicted octanol–water partition coefficient (Wildman–Crippen LogP) is -0.179. The molecule has 4 nitrogen and oxygen atoms in total. The van der Waals surface area contributed by atoms with Crippen LogP contribution in [-0.4, -0.2) is 50.8 Å². The van der Waals surface area contributed by atoms with Gasteiger partial charge in [-0.1, -0.05) is 11.8 Å². The highest BCUT2D eigenvalue weighted by atomic mass is 16.6. The molecule has 0 aromatic heterocycles. The molecular formula is C12H14O4. The van der Waals surface area contributed by atoms with Gasteiger partial charge >= 0.3 is 0 Å². The third-order valence-corrected chi connectivity index (χ3v) is 2.72. The van der Waals surface area contributed by atoms with Crippen LogP contribution in [0.15, 0.2) is 0 Å². The lowest BCUT2D eigenvalue weighted by Gasteiger charge is -2.15. The van der Waals surface area contributed by atoms with E-state index in [4.69, 9.17) is 31.8 Å². The third-order valence-electron chi connectivity index (χ3n) is 2.72. The molecule has 0 saturated carbocycles. The zero-order valence-electron chi connectivity index (χ0n) is 8.93. The average Bonchev–Trinajstić information content (AvgIpc) is 2.86. The van der Waals surface area contributed by atoms with Crippen LogP contribution in [0.3, 0.4) is 0 Å². The molecule has 4 atom stereocenters. The standard InChI is InChI=1S/C12H14O4/c1-3-5-13-9-7-15-12-10(14-6-4-2)8-16-11(9)12/h1-2,9-12H,5-8H2/t9-,10+,11-,12+. The molecule has 2 saturated heterocycles. The molecule has 4 heteroatoms. The fourth-order valence-corrected chi connectivity index (χ4v) is 2.03. The van der Waals surface area contributed by atoms with Crippen LogP contribution in [-0.2, 0) is 18.9 Å². The van der Waals surface area contributed by atoms with Gasteiger partial charge in [0.05, 0.1) is 13.2 Å². The number of terminal acetylenes is 2. The number of hydrogen-bond donors (Lipinski definition) is 0. The van der Waals surface area contributed by atoms with Crippen molar-refractivity contribution in [3.63, 3.8) is 0 Å². The van der Waals surface area contributed by atoms with E-state index in [2.05, 4.69) is 11.8 Å². The van der Waals surface area contributed by atoms with Crippen molar-refractivity contribution in [2.75, 3.05) is 26.4 Å². The maximum absolute atomic E-state index is 5.58. The average molecular weight is 222 g/mol. The van der Waals surface area contributed by atoms with Gasteiger partial charge in [0.15, 0.2) is 0 Å². The Bertz CT molecular complexity index is 282. The Morgan fingerprint density at radius 1 is 0.938 bits per heavy atom. The quantitative estimate of drug-likeness (QED) is 0.618. The van der Waals surface area contributed by atoms with Crippen LogP contribution in [0.1, 0.15) is 0 Å². The van der Waals surface area contributed by atoms with E-state index in [1.54, 1.807) is 0 Å². The zero-order chi connectivity index (χ0) is 11.4. The van der Waals surface area contributed by atoms with Gasteiger partial charge in [-0.2, -0.15) is 0 Å². The summed E-state index contributed by atoms with van der Waals surface area (Å²) in [5, 5.41) is 0.